The minimum absolute atomic E-state index is 0.466. The second-order valence-electron chi connectivity index (χ2n) is 2.70. The van der Waals surface area contributed by atoms with E-state index < -0.39 is 0 Å². The highest BCUT2D eigenvalue weighted by molar-refractivity contribution is 7.99. The minimum atomic E-state index is 0.466. The van der Waals surface area contributed by atoms with E-state index in [0.29, 0.717) is 11.2 Å². The smallest absolute Gasteiger partial charge is 0.238 e. The Morgan fingerprint density at radius 2 is 2.46 bits per heavy atom. The predicted molar refractivity (Wildman–Crippen MR) is 55.5 cm³/mol. The fraction of sp³-hybridized carbons (Fsp3) is 0.500. The van der Waals surface area contributed by atoms with Gasteiger partial charge in [0.05, 0.1) is 0 Å². The van der Waals surface area contributed by atoms with Gasteiger partial charge in [-0.3, -0.25) is 5.43 Å². The van der Waals surface area contributed by atoms with Crippen LogP contribution in [0.2, 0.25) is 0 Å². The quantitative estimate of drug-likeness (QED) is 0.333. The molecule has 0 aromatic carbocycles. The third kappa shape index (κ3) is 3.20. The molecule has 0 aliphatic rings. The summed E-state index contributed by atoms with van der Waals surface area (Å²) in [6, 6.07) is 1.89. The lowest BCUT2D eigenvalue weighted by Crippen LogP contribution is -2.10. The van der Waals surface area contributed by atoms with Crippen LogP contribution in [0, 0.1) is 0 Å². The van der Waals surface area contributed by atoms with Gasteiger partial charge in [0.15, 0.2) is 0 Å². The second-order valence-corrected chi connectivity index (χ2v) is 4.16. The van der Waals surface area contributed by atoms with Crippen LogP contribution in [0.1, 0.15) is 20.3 Å². The van der Waals surface area contributed by atoms with Crippen LogP contribution in [0.4, 0.5) is 5.95 Å². The molecule has 0 amide bonds. The molecule has 1 aromatic rings. The molecule has 3 N–H and O–H groups in total. The summed E-state index contributed by atoms with van der Waals surface area (Å²) in [6.45, 7) is 4.32. The molecular weight excluding hydrogens is 184 g/mol. The minimum Gasteiger partial charge on any atom is -0.292 e. The third-order valence-electron chi connectivity index (χ3n) is 1.66. The van der Waals surface area contributed by atoms with Crippen molar-refractivity contribution >= 4 is 17.7 Å². The Hall–Kier alpha value is -0.810. The molecular formula is C8H14N4S. The molecule has 1 rings (SSSR count). The number of nitrogens with two attached hydrogens (primary N) is 1. The molecule has 0 bridgehead atoms. The highest BCUT2D eigenvalue weighted by Crippen LogP contribution is 2.22. The standard InChI is InChI=1S/C8H14N4S/c1-3-6(2)13-7-4-5-10-8(11-7)12-9/h4-6H,3,9H2,1-2H3,(H,10,11,12). The molecule has 1 unspecified atom stereocenters. The molecule has 0 radical (unpaired) electrons. The Morgan fingerprint density at radius 3 is 3.08 bits per heavy atom. The van der Waals surface area contributed by atoms with Gasteiger partial charge in [-0.25, -0.2) is 15.8 Å². The topological polar surface area (TPSA) is 63.8 Å². The molecule has 0 saturated carbocycles. The Labute approximate surface area is 82.3 Å². The number of hydrazine groups is 1. The van der Waals surface area contributed by atoms with Crippen LogP contribution < -0.4 is 11.3 Å². The first-order chi connectivity index (χ1) is 6.26. The maximum Gasteiger partial charge on any atom is 0.238 e. The molecule has 1 atom stereocenters. The van der Waals surface area contributed by atoms with Crippen molar-refractivity contribution in [1.29, 1.82) is 0 Å². The van der Waals surface area contributed by atoms with Crippen LogP contribution in [-0.4, -0.2) is 15.2 Å². The number of nitrogens with one attached hydrogen (secondary N) is 1. The van der Waals surface area contributed by atoms with Crippen LogP contribution >= 0.6 is 11.8 Å². The van der Waals surface area contributed by atoms with Crippen molar-refractivity contribution < 1.29 is 0 Å². The molecule has 13 heavy (non-hydrogen) atoms. The van der Waals surface area contributed by atoms with E-state index in [1.165, 1.54) is 0 Å². The maximum absolute atomic E-state index is 5.20. The van der Waals surface area contributed by atoms with Gasteiger partial charge >= 0.3 is 0 Å². The molecule has 1 aromatic heterocycles. The molecule has 72 valence electrons. The number of nitrogens with zero attached hydrogens (tertiary/aromatic N) is 2. The third-order valence-corrected chi connectivity index (χ3v) is 2.86. The van der Waals surface area contributed by atoms with E-state index in [2.05, 4.69) is 29.2 Å². The summed E-state index contributed by atoms with van der Waals surface area (Å²) in [4.78, 5) is 8.13. The summed E-state index contributed by atoms with van der Waals surface area (Å²) in [5.74, 6) is 5.66. The largest absolute Gasteiger partial charge is 0.292 e. The van der Waals surface area contributed by atoms with Gasteiger partial charge in [-0.15, -0.1) is 11.8 Å². The van der Waals surface area contributed by atoms with Gasteiger partial charge < -0.3 is 0 Å². The lowest BCUT2D eigenvalue weighted by atomic mass is 10.4. The first-order valence-corrected chi connectivity index (χ1v) is 5.10. The van der Waals surface area contributed by atoms with Crippen molar-refractivity contribution in [2.24, 2.45) is 5.84 Å². The van der Waals surface area contributed by atoms with Gasteiger partial charge in [0, 0.05) is 11.4 Å². The fourth-order valence-corrected chi connectivity index (χ4v) is 1.62. The molecule has 0 aliphatic carbocycles. The van der Waals surface area contributed by atoms with E-state index in [1.54, 1.807) is 18.0 Å². The van der Waals surface area contributed by atoms with Crippen LogP contribution in [0.25, 0.3) is 0 Å². The van der Waals surface area contributed by atoms with Crippen LogP contribution in [-0.2, 0) is 0 Å². The number of anilines is 1. The number of hydrogen-bond donors (Lipinski definition) is 2. The number of nitrogen functional groups attached to an aromatic ring is 1. The fourth-order valence-electron chi connectivity index (χ4n) is 0.767. The SMILES string of the molecule is CCC(C)Sc1ccnc(NN)n1. The van der Waals surface area contributed by atoms with Crippen molar-refractivity contribution in [2.75, 3.05) is 5.43 Å². The molecule has 4 nitrogen and oxygen atoms in total. The van der Waals surface area contributed by atoms with Gasteiger partial charge in [0.2, 0.25) is 5.95 Å². The number of rotatable bonds is 4. The average Bonchev–Trinajstić information content (AvgIpc) is 2.18. The van der Waals surface area contributed by atoms with Gasteiger partial charge in [-0.05, 0) is 12.5 Å². The summed E-state index contributed by atoms with van der Waals surface area (Å²) in [5, 5.41) is 1.53. The van der Waals surface area contributed by atoms with Crippen molar-refractivity contribution in [3.05, 3.63) is 12.3 Å². The van der Waals surface area contributed by atoms with Crippen molar-refractivity contribution in [3.8, 4) is 0 Å². The summed E-state index contributed by atoms with van der Waals surface area (Å²) < 4.78 is 0. The zero-order valence-electron chi connectivity index (χ0n) is 7.82. The highest BCUT2D eigenvalue weighted by Gasteiger charge is 2.03. The highest BCUT2D eigenvalue weighted by atomic mass is 32.2. The zero-order chi connectivity index (χ0) is 9.68. The summed E-state index contributed by atoms with van der Waals surface area (Å²) in [7, 11) is 0. The Bertz CT molecular complexity index is 266. The van der Waals surface area contributed by atoms with E-state index in [-0.39, 0.29) is 0 Å². The maximum atomic E-state index is 5.20. The van der Waals surface area contributed by atoms with Gasteiger partial charge in [0.1, 0.15) is 5.03 Å². The average molecular weight is 198 g/mol. The number of hydrogen-bond acceptors (Lipinski definition) is 5. The van der Waals surface area contributed by atoms with Gasteiger partial charge in [-0.2, -0.15) is 0 Å². The Morgan fingerprint density at radius 1 is 1.69 bits per heavy atom. The first kappa shape index (κ1) is 10.3. The molecule has 5 heteroatoms. The normalized spacial score (nSPS) is 12.5. The van der Waals surface area contributed by atoms with E-state index in [4.69, 9.17) is 5.84 Å². The van der Waals surface area contributed by atoms with E-state index in [1.807, 2.05) is 6.07 Å². The van der Waals surface area contributed by atoms with Crippen LogP contribution in [0.15, 0.2) is 17.3 Å². The summed E-state index contributed by atoms with van der Waals surface area (Å²) in [5.41, 5.74) is 2.42. The predicted octanol–water partition coefficient (Wildman–Crippen LogP) is 1.65. The number of thioether (sulfide) groups is 1. The second kappa shape index (κ2) is 5.04. The van der Waals surface area contributed by atoms with E-state index >= 15 is 0 Å². The zero-order valence-corrected chi connectivity index (χ0v) is 8.64. The van der Waals surface area contributed by atoms with Crippen molar-refractivity contribution in [1.82, 2.24) is 9.97 Å². The lowest BCUT2D eigenvalue weighted by molar-refractivity contribution is 0.898. The first-order valence-electron chi connectivity index (χ1n) is 4.22. The summed E-state index contributed by atoms with van der Waals surface area (Å²) in [6.07, 6.45) is 2.83. The molecule has 0 spiro atoms. The Balaban J connectivity index is 2.66. The van der Waals surface area contributed by atoms with E-state index in [9.17, 15) is 0 Å². The van der Waals surface area contributed by atoms with Gasteiger partial charge in [0.25, 0.3) is 0 Å². The summed E-state index contributed by atoms with van der Waals surface area (Å²) >= 11 is 1.73. The monoisotopic (exact) mass is 198 g/mol. The van der Waals surface area contributed by atoms with Crippen molar-refractivity contribution in [3.63, 3.8) is 0 Å². The molecule has 0 saturated heterocycles. The van der Waals surface area contributed by atoms with Crippen LogP contribution in [0.5, 0.6) is 0 Å². The van der Waals surface area contributed by atoms with Gasteiger partial charge in [-0.1, -0.05) is 13.8 Å². The Kier molecular flexibility index (Phi) is 3.98. The lowest BCUT2D eigenvalue weighted by Gasteiger charge is -2.07. The van der Waals surface area contributed by atoms with Crippen molar-refractivity contribution in [2.45, 2.75) is 30.5 Å². The molecule has 0 aliphatic heterocycles. The van der Waals surface area contributed by atoms with Crippen LogP contribution in [0.3, 0.4) is 0 Å². The molecule has 0 fully saturated rings. The van der Waals surface area contributed by atoms with E-state index in [0.717, 1.165) is 11.4 Å². The molecule has 1 heterocycles. The number of aromatic nitrogens is 2.